The number of nitro benzene ring substituents is 1. The molecule has 9 nitrogen and oxygen atoms in total. The molecule has 0 bridgehead atoms. The molecule has 150 valence electrons. The number of methoxy groups -OCH3 is 1. The highest BCUT2D eigenvalue weighted by molar-refractivity contribution is 7.92. The second-order valence-electron chi connectivity index (χ2n) is 5.90. The minimum atomic E-state index is -3.95. The van der Waals surface area contributed by atoms with Gasteiger partial charge in [-0.1, -0.05) is 17.7 Å². The molecule has 11 heteroatoms. The zero-order chi connectivity index (χ0) is 21.1. The van der Waals surface area contributed by atoms with Crippen molar-refractivity contribution in [3.8, 4) is 5.75 Å². The fourth-order valence-electron chi connectivity index (χ4n) is 2.37. The maximum absolute atomic E-state index is 12.4. The number of hydrogen-bond acceptors (Lipinski definition) is 6. The Morgan fingerprint density at radius 2 is 1.96 bits per heavy atom. The molecule has 28 heavy (non-hydrogen) atoms. The summed E-state index contributed by atoms with van der Waals surface area (Å²) in [6.07, 6.45) is 0.890. The van der Waals surface area contributed by atoms with Crippen LogP contribution in [-0.4, -0.2) is 39.2 Å². The lowest BCUT2D eigenvalue weighted by Gasteiger charge is -2.23. The average molecular weight is 428 g/mol. The van der Waals surface area contributed by atoms with Gasteiger partial charge >= 0.3 is 0 Å². The van der Waals surface area contributed by atoms with Crippen LogP contribution in [0.25, 0.3) is 0 Å². The fraction of sp³-hybridized carbons (Fsp3) is 0.235. The molecule has 1 amide bonds. The average Bonchev–Trinajstić information content (AvgIpc) is 2.61. The van der Waals surface area contributed by atoms with Crippen molar-refractivity contribution in [2.24, 2.45) is 0 Å². The van der Waals surface area contributed by atoms with Crippen LogP contribution < -0.4 is 14.4 Å². The third-order valence-electron chi connectivity index (χ3n) is 3.79. The van der Waals surface area contributed by atoms with Gasteiger partial charge in [-0.2, -0.15) is 0 Å². The lowest BCUT2D eigenvalue weighted by atomic mass is 10.2. The van der Waals surface area contributed by atoms with Crippen molar-refractivity contribution >= 4 is 44.6 Å². The zero-order valence-electron chi connectivity index (χ0n) is 15.3. The number of amides is 1. The van der Waals surface area contributed by atoms with E-state index in [-0.39, 0.29) is 17.1 Å². The molecular formula is C17H18ClN3O6S. The van der Waals surface area contributed by atoms with Gasteiger partial charge < -0.3 is 10.1 Å². The van der Waals surface area contributed by atoms with E-state index in [1.807, 2.05) is 0 Å². The first-order valence-corrected chi connectivity index (χ1v) is 10.1. The molecule has 2 aromatic carbocycles. The van der Waals surface area contributed by atoms with E-state index in [0.717, 1.165) is 22.2 Å². The molecule has 0 aromatic heterocycles. The number of non-ortho nitro benzene ring substituents is 1. The van der Waals surface area contributed by atoms with Crippen molar-refractivity contribution < 1.29 is 22.9 Å². The molecule has 0 spiro atoms. The van der Waals surface area contributed by atoms with Gasteiger partial charge in [0.2, 0.25) is 15.9 Å². The Hall–Kier alpha value is -2.85. The predicted molar refractivity (Wildman–Crippen MR) is 107 cm³/mol. The summed E-state index contributed by atoms with van der Waals surface area (Å²) < 4.78 is 30.4. The molecule has 0 fully saturated rings. The quantitative estimate of drug-likeness (QED) is 0.536. The molecule has 0 unspecified atom stereocenters. The first-order chi connectivity index (χ1) is 13.0. The number of benzene rings is 2. The van der Waals surface area contributed by atoms with Crippen LogP contribution in [-0.2, 0) is 14.8 Å². The van der Waals surface area contributed by atoms with Gasteiger partial charge in [-0.05, 0) is 30.7 Å². The predicted octanol–water partition coefficient (Wildman–Crippen LogP) is 2.97. The highest BCUT2D eigenvalue weighted by Gasteiger charge is 2.26. The van der Waals surface area contributed by atoms with E-state index >= 15 is 0 Å². The van der Waals surface area contributed by atoms with Gasteiger partial charge in [0.1, 0.15) is 18.0 Å². The highest BCUT2D eigenvalue weighted by Crippen LogP contribution is 2.33. The molecule has 0 heterocycles. The van der Waals surface area contributed by atoms with Crippen molar-refractivity contribution in [2.45, 2.75) is 6.92 Å². The number of rotatable bonds is 7. The third-order valence-corrected chi connectivity index (χ3v) is 5.32. The number of nitrogens with zero attached hydrogens (tertiary/aromatic N) is 2. The van der Waals surface area contributed by atoms with Gasteiger partial charge in [0.15, 0.2) is 0 Å². The Labute approximate surface area is 167 Å². The molecule has 0 atom stereocenters. The van der Waals surface area contributed by atoms with Crippen LogP contribution in [0.3, 0.4) is 0 Å². The highest BCUT2D eigenvalue weighted by atomic mass is 35.5. The van der Waals surface area contributed by atoms with E-state index < -0.39 is 27.4 Å². The van der Waals surface area contributed by atoms with E-state index in [4.69, 9.17) is 16.3 Å². The Morgan fingerprint density at radius 3 is 2.50 bits per heavy atom. The van der Waals surface area contributed by atoms with E-state index in [0.29, 0.717) is 10.7 Å². The van der Waals surface area contributed by atoms with Crippen LogP contribution in [0.2, 0.25) is 5.02 Å². The van der Waals surface area contributed by atoms with Crippen LogP contribution in [0.5, 0.6) is 5.75 Å². The van der Waals surface area contributed by atoms with E-state index in [2.05, 4.69) is 5.32 Å². The van der Waals surface area contributed by atoms with Crippen LogP contribution in [0.15, 0.2) is 36.4 Å². The van der Waals surface area contributed by atoms with Gasteiger partial charge in [-0.25, -0.2) is 8.42 Å². The lowest BCUT2D eigenvalue weighted by molar-refractivity contribution is -0.384. The molecule has 0 radical (unpaired) electrons. The minimum Gasteiger partial charge on any atom is -0.495 e. The summed E-state index contributed by atoms with van der Waals surface area (Å²) >= 11 is 6.02. The first-order valence-electron chi connectivity index (χ1n) is 7.89. The topological polar surface area (TPSA) is 119 Å². The second-order valence-corrected chi connectivity index (χ2v) is 8.21. The third kappa shape index (κ3) is 5.11. The number of aryl methyl sites for hydroxylation is 1. The number of nitro groups is 1. The van der Waals surface area contributed by atoms with Gasteiger partial charge in [0.25, 0.3) is 5.69 Å². The van der Waals surface area contributed by atoms with Crippen LogP contribution in [0.4, 0.5) is 17.1 Å². The Morgan fingerprint density at radius 1 is 1.29 bits per heavy atom. The smallest absolute Gasteiger partial charge is 0.271 e. The second kappa shape index (κ2) is 8.44. The van der Waals surface area contributed by atoms with Gasteiger partial charge in [0, 0.05) is 22.8 Å². The SMILES string of the molecule is COc1ccc([N+](=O)[O-])cc1N(CC(=O)Nc1ccc(C)c(Cl)c1)S(C)(=O)=O. The Bertz CT molecular complexity index is 1030. The van der Waals surface area contributed by atoms with E-state index in [1.165, 1.54) is 25.3 Å². The normalized spacial score (nSPS) is 11.0. The number of sulfonamides is 1. The largest absolute Gasteiger partial charge is 0.495 e. The number of carbonyl (C=O) groups is 1. The maximum Gasteiger partial charge on any atom is 0.271 e. The van der Waals surface area contributed by atoms with Crippen LogP contribution >= 0.6 is 11.6 Å². The van der Waals surface area contributed by atoms with Crippen molar-refractivity contribution in [2.75, 3.05) is 29.5 Å². The number of carbonyl (C=O) groups excluding carboxylic acids is 1. The first kappa shape index (κ1) is 21.5. The monoisotopic (exact) mass is 427 g/mol. The van der Waals surface area contributed by atoms with E-state index in [1.54, 1.807) is 19.1 Å². The summed E-state index contributed by atoms with van der Waals surface area (Å²) in [5.41, 5.74) is 0.755. The van der Waals surface area contributed by atoms with Crippen LogP contribution in [0, 0.1) is 17.0 Å². The minimum absolute atomic E-state index is 0.0715. The number of ether oxygens (including phenoxy) is 1. The van der Waals surface area contributed by atoms with Gasteiger partial charge in [0.05, 0.1) is 18.3 Å². The number of hydrogen-bond donors (Lipinski definition) is 1. The molecule has 2 rings (SSSR count). The number of nitrogens with one attached hydrogen (secondary N) is 1. The van der Waals surface area contributed by atoms with E-state index in [9.17, 15) is 23.3 Å². The molecule has 0 aliphatic carbocycles. The summed E-state index contributed by atoms with van der Waals surface area (Å²) in [6.45, 7) is 1.19. The van der Waals surface area contributed by atoms with Crippen molar-refractivity contribution in [3.63, 3.8) is 0 Å². The molecule has 0 aliphatic heterocycles. The fourth-order valence-corrected chi connectivity index (χ4v) is 3.40. The molecule has 2 aromatic rings. The van der Waals surface area contributed by atoms with Crippen molar-refractivity contribution in [3.05, 3.63) is 57.1 Å². The van der Waals surface area contributed by atoms with Gasteiger partial charge in [-0.3, -0.25) is 19.2 Å². The Kier molecular flexibility index (Phi) is 6.47. The summed E-state index contributed by atoms with van der Waals surface area (Å²) in [5.74, 6) is -0.582. The lowest BCUT2D eigenvalue weighted by Crippen LogP contribution is -2.37. The molecule has 1 N–H and O–H groups in total. The zero-order valence-corrected chi connectivity index (χ0v) is 16.9. The Balaban J connectivity index is 2.37. The molecule has 0 aliphatic rings. The summed E-state index contributed by atoms with van der Waals surface area (Å²) in [4.78, 5) is 22.8. The molecular weight excluding hydrogens is 410 g/mol. The number of anilines is 2. The summed E-state index contributed by atoms with van der Waals surface area (Å²) in [7, 11) is -2.66. The standard InChI is InChI=1S/C17H18ClN3O6S/c1-11-4-5-12(8-14(11)18)19-17(22)10-20(28(3,25)26)15-9-13(21(23)24)6-7-16(15)27-2/h4-9H,10H2,1-3H3,(H,19,22). The number of halogens is 1. The summed E-state index contributed by atoms with van der Waals surface area (Å²) in [5, 5.41) is 14.0. The molecule has 0 saturated heterocycles. The molecule has 0 saturated carbocycles. The van der Waals surface area contributed by atoms with Crippen molar-refractivity contribution in [1.82, 2.24) is 0 Å². The summed E-state index contributed by atoms with van der Waals surface area (Å²) in [6, 6.07) is 8.34. The van der Waals surface area contributed by atoms with Crippen molar-refractivity contribution in [1.29, 1.82) is 0 Å². The maximum atomic E-state index is 12.4. The van der Waals surface area contributed by atoms with Gasteiger partial charge in [-0.15, -0.1) is 0 Å². The van der Waals surface area contributed by atoms with Crippen LogP contribution in [0.1, 0.15) is 5.56 Å².